The van der Waals surface area contributed by atoms with Crippen LogP contribution in [0.25, 0.3) is 0 Å². The van der Waals surface area contributed by atoms with Gasteiger partial charge in [-0.1, -0.05) is 0 Å². The molecule has 1 aliphatic heterocycles. The molecule has 1 heterocycles. The molecule has 11 heavy (non-hydrogen) atoms. The van der Waals surface area contributed by atoms with Crippen molar-refractivity contribution in [3.8, 4) is 0 Å². The summed E-state index contributed by atoms with van der Waals surface area (Å²) in [5, 5.41) is 0. The summed E-state index contributed by atoms with van der Waals surface area (Å²) in [4.78, 5) is 6.41. The number of hydrogen-bond donors (Lipinski definition) is 0. The Kier molecular flexibility index (Phi) is 2.74. The van der Waals surface area contributed by atoms with Gasteiger partial charge in [0.1, 0.15) is 6.10 Å². The zero-order valence-electron chi connectivity index (χ0n) is 7.50. The number of ether oxygens (including phenoxy) is 1. The van der Waals surface area contributed by atoms with Crippen molar-refractivity contribution < 1.29 is 4.74 Å². The second-order valence-electron chi connectivity index (χ2n) is 2.72. The van der Waals surface area contributed by atoms with Crippen molar-refractivity contribution in [3.63, 3.8) is 0 Å². The summed E-state index contributed by atoms with van der Waals surface area (Å²) in [7, 11) is 0. The lowest BCUT2D eigenvalue weighted by atomic mass is 10.4. The minimum Gasteiger partial charge on any atom is -0.460 e. The van der Waals surface area contributed by atoms with E-state index in [0.717, 1.165) is 25.7 Å². The third kappa shape index (κ3) is 1.85. The Morgan fingerprint density at radius 1 is 1.55 bits per heavy atom. The number of nitrogens with zero attached hydrogens (tertiary/aromatic N) is 2. The second kappa shape index (κ2) is 3.60. The van der Waals surface area contributed by atoms with E-state index in [-0.39, 0.29) is 6.10 Å². The van der Waals surface area contributed by atoms with Crippen LogP contribution in [-0.2, 0) is 4.74 Å². The topological polar surface area (TPSA) is 24.8 Å². The fraction of sp³-hybridized carbons (Fsp3) is 0.875. The molecule has 0 fully saturated rings. The molecule has 0 amide bonds. The number of rotatable bonds is 2. The molecule has 0 N–H and O–H groups in total. The van der Waals surface area contributed by atoms with Crippen molar-refractivity contribution >= 4 is 6.02 Å². The van der Waals surface area contributed by atoms with Crippen LogP contribution in [0.4, 0.5) is 0 Å². The van der Waals surface area contributed by atoms with E-state index < -0.39 is 0 Å². The molecular weight excluding hydrogens is 140 g/mol. The summed E-state index contributed by atoms with van der Waals surface area (Å²) in [6, 6.07) is 0.822. The predicted octanol–water partition coefficient (Wildman–Crippen LogP) is 1.10. The highest BCUT2D eigenvalue weighted by atomic mass is 16.5. The Balaban J connectivity index is 2.46. The van der Waals surface area contributed by atoms with Crippen molar-refractivity contribution in [2.24, 2.45) is 4.99 Å². The summed E-state index contributed by atoms with van der Waals surface area (Å²) >= 11 is 0. The van der Waals surface area contributed by atoms with Gasteiger partial charge in [-0.25, -0.2) is 4.99 Å². The lowest BCUT2D eigenvalue weighted by Gasteiger charge is -2.19. The molecule has 0 bridgehead atoms. The van der Waals surface area contributed by atoms with Gasteiger partial charge >= 0.3 is 0 Å². The SMILES string of the molecule is CCN(CC)C1=NCC(C)O1. The molecule has 3 heteroatoms. The lowest BCUT2D eigenvalue weighted by Crippen LogP contribution is -2.31. The highest BCUT2D eigenvalue weighted by Gasteiger charge is 2.18. The van der Waals surface area contributed by atoms with E-state index in [9.17, 15) is 0 Å². The van der Waals surface area contributed by atoms with Crippen LogP contribution in [0.15, 0.2) is 4.99 Å². The summed E-state index contributed by atoms with van der Waals surface area (Å²) < 4.78 is 5.48. The Hall–Kier alpha value is -0.730. The van der Waals surface area contributed by atoms with Crippen LogP contribution in [0.1, 0.15) is 20.8 Å². The maximum Gasteiger partial charge on any atom is 0.287 e. The summed E-state index contributed by atoms with van der Waals surface area (Å²) in [6.45, 7) is 9.02. The zero-order chi connectivity index (χ0) is 8.27. The van der Waals surface area contributed by atoms with Crippen LogP contribution in [0.2, 0.25) is 0 Å². The molecular formula is C8H16N2O. The Morgan fingerprint density at radius 3 is 2.55 bits per heavy atom. The van der Waals surface area contributed by atoms with Gasteiger partial charge in [0, 0.05) is 13.1 Å². The minimum atomic E-state index is 0.269. The van der Waals surface area contributed by atoms with Crippen molar-refractivity contribution in [2.75, 3.05) is 19.6 Å². The monoisotopic (exact) mass is 156 g/mol. The van der Waals surface area contributed by atoms with Gasteiger partial charge in [-0.3, -0.25) is 0 Å². The first-order chi connectivity index (χ1) is 5.27. The van der Waals surface area contributed by atoms with Gasteiger partial charge in [-0.15, -0.1) is 0 Å². The van der Waals surface area contributed by atoms with E-state index in [4.69, 9.17) is 4.74 Å². The zero-order valence-corrected chi connectivity index (χ0v) is 7.50. The third-order valence-electron chi connectivity index (χ3n) is 1.82. The van der Waals surface area contributed by atoms with Crippen molar-refractivity contribution in [3.05, 3.63) is 0 Å². The normalized spacial score (nSPS) is 22.8. The van der Waals surface area contributed by atoms with E-state index in [2.05, 4.69) is 23.7 Å². The van der Waals surface area contributed by atoms with E-state index in [1.165, 1.54) is 0 Å². The molecule has 0 aliphatic carbocycles. The van der Waals surface area contributed by atoms with Crippen LogP contribution in [0, 0.1) is 0 Å². The summed E-state index contributed by atoms with van der Waals surface area (Å²) in [5.74, 6) is 0. The van der Waals surface area contributed by atoms with Crippen LogP contribution >= 0.6 is 0 Å². The summed E-state index contributed by atoms with van der Waals surface area (Å²) in [6.07, 6.45) is 0.269. The third-order valence-corrected chi connectivity index (χ3v) is 1.82. The first kappa shape index (κ1) is 8.37. The molecule has 0 radical (unpaired) electrons. The van der Waals surface area contributed by atoms with Gasteiger partial charge in [0.05, 0.1) is 6.54 Å². The van der Waals surface area contributed by atoms with E-state index in [1.54, 1.807) is 0 Å². The smallest absolute Gasteiger partial charge is 0.287 e. The lowest BCUT2D eigenvalue weighted by molar-refractivity contribution is 0.202. The van der Waals surface area contributed by atoms with Crippen LogP contribution in [0.5, 0.6) is 0 Å². The molecule has 1 rings (SSSR count). The second-order valence-corrected chi connectivity index (χ2v) is 2.72. The van der Waals surface area contributed by atoms with Gasteiger partial charge in [-0.2, -0.15) is 0 Å². The molecule has 0 saturated carbocycles. The molecule has 0 saturated heterocycles. The van der Waals surface area contributed by atoms with Gasteiger partial charge in [0.2, 0.25) is 0 Å². The molecule has 0 aromatic heterocycles. The maximum atomic E-state index is 5.48. The van der Waals surface area contributed by atoms with E-state index >= 15 is 0 Å². The van der Waals surface area contributed by atoms with Gasteiger partial charge < -0.3 is 9.64 Å². The van der Waals surface area contributed by atoms with Crippen molar-refractivity contribution in [2.45, 2.75) is 26.9 Å². The molecule has 1 aliphatic rings. The quantitative estimate of drug-likeness (QED) is 0.598. The maximum absolute atomic E-state index is 5.48. The highest BCUT2D eigenvalue weighted by Crippen LogP contribution is 2.06. The minimum absolute atomic E-state index is 0.269. The summed E-state index contributed by atoms with van der Waals surface area (Å²) in [5.41, 5.74) is 0. The number of hydrogen-bond acceptors (Lipinski definition) is 3. The molecule has 3 nitrogen and oxygen atoms in total. The van der Waals surface area contributed by atoms with Crippen molar-refractivity contribution in [1.82, 2.24) is 4.90 Å². The van der Waals surface area contributed by atoms with E-state index in [1.807, 2.05) is 6.92 Å². The molecule has 0 aromatic rings. The highest BCUT2D eigenvalue weighted by molar-refractivity contribution is 5.75. The van der Waals surface area contributed by atoms with Crippen LogP contribution in [-0.4, -0.2) is 36.7 Å². The molecule has 0 spiro atoms. The first-order valence-corrected chi connectivity index (χ1v) is 4.24. The van der Waals surface area contributed by atoms with Crippen molar-refractivity contribution in [1.29, 1.82) is 0 Å². The first-order valence-electron chi connectivity index (χ1n) is 4.24. The largest absolute Gasteiger partial charge is 0.460 e. The number of aliphatic imine (C=N–C) groups is 1. The van der Waals surface area contributed by atoms with Gasteiger partial charge in [0.25, 0.3) is 6.02 Å². The Morgan fingerprint density at radius 2 is 2.18 bits per heavy atom. The Bertz CT molecular complexity index is 152. The molecule has 0 aromatic carbocycles. The van der Waals surface area contributed by atoms with Gasteiger partial charge in [-0.05, 0) is 20.8 Å². The number of amidine groups is 1. The molecule has 64 valence electrons. The fourth-order valence-corrected chi connectivity index (χ4v) is 1.13. The van der Waals surface area contributed by atoms with Crippen LogP contribution in [0.3, 0.4) is 0 Å². The van der Waals surface area contributed by atoms with Gasteiger partial charge in [0.15, 0.2) is 0 Å². The average molecular weight is 156 g/mol. The molecule has 1 atom stereocenters. The molecule has 1 unspecified atom stereocenters. The average Bonchev–Trinajstić information content (AvgIpc) is 2.39. The van der Waals surface area contributed by atoms with E-state index in [0.29, 0.717) is 0 Å². The Labute approximate surface area is 68.1 Å². The standard InChI is InChI=1S/C8H16N2O/c1-4-10(5-2)8-9-6-7(3)11-8/h7H,4-6H2,1-3H3. The van der Waals surface area contributed by atoms with Crippen LogP contribution < -0.4 is 0 Å². The predicted molar refractivity (Wildman–Crippen MR) is 45.8 cm³/mol. The fourth-order valence-electron chi connectivity index (χ4n) is 1.13.